The third-order valence-corrected chi connectivity index (χ3v) is 3.60. The molecule has 1 aliphatic heterocycles. The third kappa shape index (κ3) is 2.49. The zero-order valence-corrected chi connectivity index (χ0v) is 11.8. The maximum atomic E-state index is 12.3. The van der Waals surface area contributed by atoms with E-state index in [-0.39, 0.29) is 11.5 Å². The second-order valence-corrected chi connectivity index (χ2v) is 5.24. The van der Waals surface area contributed by atoms with Crippen molar-refractivity contribution in [3.8, 4) is 17.1 Å². The number of epoxide rings is 1. The van der Waals surface area contributed by atoms with Gasteiger partial charge in [0.2, 0.25) is 0 Å². The molecule has 0 amide bonds. The summed E-state index contributed by atoms with van der Waals surface area (Å²) in [6.45, 7) is 1.20. The van der Waals surface area contributed by atoms with Crippen LogP contribution in [0.25, 0.3) is 22.3 Å². The van der Waals surface area contributed by atoms with Crippen LogP contribution >= 0.6 is 0 Å². The van der Waals surface area contributed by atoms with Gasteiger partial charge in [-0.2, -0.15) is 0 Å². The fraction of sp³-hybridized carbons (Fsp3) is 0.167. The highest BCUT2D eigenvalue weighted by atomic mass is 16.6. The molecule has 0 spiro atoms. The molecular formula is C18H14O4. The summed E-state index contributed by atoms with van der Waals surface area (Å²) in [7, 11) is 0. The van der Waals surface area contributed by atoms with Crippen LogP contribution in [0.3, 0.4) is 0 Å². The first-order chi connectivity index (χ1) is 10.8. The quantitative estimate of drug-likeness (QED) is 0.693. The lowest BCUT2D eigenvalue weighted by Crippen LogP contribution is -2.06. The van der Waals surface area contributed by atoms with Crippen LogP contribution < -0.4 is 10.2 Å². The first-order valence-electron chi connectivity index (χ1n) is 7.18. The molecular weight excluding hydrogens is 280 g/mol. The molecule has 1 aromatic heterocycles. The SMILES string of the molecule is O=c1cc(-c2ccccc2)oc2c(OCC3CO3)cccc12. The van der Waals surface area contributed by atoms with E-state index in [1.807, 2.05) is 36.4 Å². The van der Waals surface area contributed by atoms with Crippen molar-refractivity contribution in [3.05, 3.63) is 64.8 Å². The van der Waals surface area contributed by atoms with Crippen molar-refractivity contribution in [1.82, 2.24) is 0 Å². The van der Waals surface area contributed by atoms with Crippen LogP contribution in [0.5, 0.6) is 5.75 Å². The molecule has 0 saturated carbocycles. The topological polar surface area (TPSA) is 52.0 Å². The monoisotopic (exact) mass is 294 g/mol. The smallest absolute Gasteiger partial charge is 0.193 e. The van der Waals surface area contributed by atoms with Crippen LogP contribution in [0.4, 0.5) is 0 Å². The first kappa shape index (κ1) is 13.1. The average molecular weight is 294 g/mol. The Labute approximate surface area is 126 Å². The minimum atomic E-state index is -0.0757. The molecule has 4 nitrogen and oxygen atoms in total. The number of fused-ring (bicyclic) bond motifs is 1. The fourth-order valence-electron chi connectivity index (χ4n) is 2.36. The van der Waals surface area contributed by atoms with Gasteiger partial charge in [-0.3, -0.25) is 4.79 Å². The van der Waals surface area contributed by atoms with Gasteiger partial charge in [0, 0.05) is 11.6 Å². The van der Waals surface area contributed by atoms with Gasteiger partial charge in [0.05, 0.1) is 12.0 Å². The Morgan fingerprint density at radius 1 is 1.09 bits per heavy atom. The summed E-state index contributed by atoms with van der Waals surface area (Å²) in [6.07, 6.45) is 0.152. The predicted molar refractivity (Wildman–Crippen MR) is 83.2 cm³/mol. The lowest BCUT2D eigenvalue weighted by molar-refractivity contribution is 0.263. The molecule has 1 saturated heterocycles. The van der Waals surface area contributed by atoms with Crippen LogP contribution in [-0.4, -0.2) is 19.3 Å². The van der Waals surface area contributed by atoms with E-state index in [1.165, 1.54) is 6.07 Å². The molecule has 1 fully saturated rings. The number of rotatable bonds is 4. The van der Waals surface area contributed by atoms with Crippen molar-refractivity contribution in [2.75, 3.05) is 13.2 Å². The standard InChI is InChI=1S/C18H14O4/c19-15-9-17(12-5-2-1-3-6-12)22-18-14(15)7-4-8-16(18)21-11-13-10-20-13/h1-9,13H,10-11H2. The van der Waals surface area contributed by atoms with Crippen LogP contribution in [0.1, 0.15) is 0 Å². The normalized spacial score (nSPS) is 16.6. The van der Waals surface area contributed by atoms with E-state index in [4.69, 9.17) is 13.9 Å². The number of hydrogen-bond acceptors (Lipinski definition) is 4. The van der Waals surface area contributed by atoms with E-state index in [0.717, 1.165) is 12.2 Å². The summed E-state index contributed by atoms with van der Waals surface area (Å²) in [5.74, 6) is 1.11. The zero-order valence-electron chi connectivity index (χ0n) is 11.8. The highest BCUT2D eigenvalue weighted by Crippen LogP contribution is 2.29. The minimum Gasteiger partial charge on any atom is -0.487 e. The van der Waals surface area contributed by atoms with E-state index in [0.29, 0.717) is 29.1 Å². The molecule has 0 radical (unpaired) electrons. The second-order valence-electron chi connectivity index (χ2n) is 5.24. The van der Waals surface area contributed by atoms with E-state index in [2.05, 4.69) is 0 Å². The molecule has 2 heterocycles. The number of benzene rings is 2. The maximum Gasteiger partial charge on any atom is 0.193 e. The van der Waals surface area contributed by atoms with Gasteiger partial charge in [0.15, 0.2) is 16.8 Å². The summed E-state index contributed by atoms with van der Waals surface area (Å²) in [5, 5.41) is 0.522. The molecule has 0 N–H and O–H groups in total. The predicted octanol–water partition coefficient (Wildman–Crippen LogP) is 3.24. The third-order valence-electron chi connectivity index (χ3n) is 3.60. The molecule has 22 heavy (non-hydrogen) atoms. The number of ether oxygens (including phenoxy) is 2. The minimum absolute atomic E-state index is 0.0757. The Balaban J connectivity index is 1.83. The van der Waals surface area contributed by atoms with Crippen molar-refractivity contribution >= 4 is 11.0 Å². The summed E-state index contributed by atoms with van der Waals surface area (Å²) >= 11 is 0. The molecule has 3 aromatic rings. The van der Waals surface area contributed by atoms with E-state index in [9.17, 15) is 4.79 Å². The Hall–Kier alpha value is -2.59. The highest BCUT2D eigenvalue weighted by Gasteiger charge is 2.23. The van der Waals surface area contributed by atoms with Gasteiger partial charge >= 0.3 is 0 Å². The molecule has 0 bridgehead atoms. The van der Waals surface area contributed by atoms with Crippen LogP contribution in [-0.2, 0) is 4.74 Å². The van der Waals surface area contributed by atoms with Crippen molar-refractivity contribution in [3.63, 3.8) is 0 Å². The van der Waals surface area contributed by atoms with Gasteiger partial charge in [-0.1, -0.05) is 36.4 Å². The van der Waals surface area contributed by atoms with E-state index in [1.54, 1.807) is 12.1 Å². The Morgan fingerprint density at radius 3 is 2.68 bits per heavy atom. The number of para-hydroxylation sites is 1. The van der Waals surface area contributed by atoms with E-state index < -0.39 is 0 Å². The molecule has 110 valence electrons. The molecule has 0 aliphatic carbocycles. The lowest BCUT2D eigenvalue weighted by atomic mass is 10.1. The van der Waals surface area contributed by atoms with Gasteiger partial charge in [-0.15, -0.1) is 0 Å². The molecule has 4 rings (SSSR count). The Bertz CT molecular complexity index is 863. The average Bonchev–Trinajstić information content (AvgIpc) is 3.38. The van der Waals surface area contributed by atoms with Crippen molar-refractivity contribution in [2.24, 2.45) is 0 Å². The van der Waals surface area contributed by atoms with Gasteiger partial charge < -0.3 is 13.9 Å². The van der Waals surface area contributed by atoms with Gasteiger partial charge in [0.25, 0.3) is 0 Å². The first-order valence-corrected chi connectivity index (χ1v) is 7.18. The van der Waals surface area contributed by atoms with E-state index >= 15 is 0 Å². The van der Waals surface area contributed by atoms with Gasteiger partial charge in [-0.25, -0.2) is 0 Å². The largest absolute Gasteiger partial charge is 0.487 e. The maximum absolute atomic E-state index is 12.3. The summed E-state index contributed by atoms with van der Waals surface area (Å²) < 4.78 is 16.8. The van der Waals surface area contributed by atoms with Crippen LogP contribution in [0, 0.1) is 0 Å². The van der Waals surface area contributed by atoms with Gasteiger partial charge in [-0.05, 0) is 12.1 Å². The zero-order chi connectivity index (χ0) is 14.9. The Kier molecular flexibility index (Phi) is 3.16. The molecule has 2 aromatic carbocycles. The van der Waals surface area contributed by atoms with Crippen LogP contribution in [0.15, 0.2) is 63.8 Å². The summed E-state index contributed by atoms with van der Waals surface area (Å²) in [5.41, 5.74) is 1.27. The molecule has 1 unspecified atom stereocenters. The summed E-state index contributed by atoms with van der Waals surface area (Å²) in [6, 6.07) is 16.4. The summed E-state index contributed by atoms with van der Waals surface area (Å²) in [4.78, 5) is 12.3. The molecule has 4 heteroatoms. The van der Waals surface area contributed by atoms with Crippen molar-refractivity contribution in [2.45, 2.75) is 6.10 Å². The van der Waals surface area contributed by atoms with Gasteiger partial charge in [0.1, 0.15) is 18.5 Å². The lowest BCUT2D eigenvalue weighted by Gasteiger charge is -2.08. The van der Waals surface area contributed by atoms with Crippen molar-refractivity contribution in [1.29, 1.82) is 0 Å². The molecule has 1 atom stereocenters. The van der Waals surface area contributed by atoms with Crippen LogP contribution in [0.2, 0.25) is 0 Å². The molecule has 1 aliphatic rings. The second kappa shape index (κ2) is 5.31. The van der Waals surface area contributed by atoms with Crippen molar-refractivity contribution < 1.29 is 13.9 Å². The fourth-order valence-corrected chi connectivity index (χ4v) is 2.36. The number of hydrogen-bond donors (Lipinski definition) is 0. The highest BCUT2D eigenvalue weighted by molar-refractivity contribution is 5.84. The Morgan fingerprint density at radius 2 is 1.91 bits per heavy atom.